The second-order valence-corrected chi connectivity index (χ2v) is 7.58. The minimum Gasteiger partial charge on any atom is -0.481 e. The number of hydrogen-bond acceptors (Lipinski definition) is 3. The number of halogens is 1. The number of likely N-dealkylation sites (tertiary alicyclic amines) is 1. The van der Waals surface area contributed by atoms with Crippen LogP contribution >= 0.6 is 11.6 Å². The van der Waals surface area contributed by atoms with Gasteiger partial charge >= 0.3 is 5.97 Å². The van der Waals surface area contributed by atoms with Crippen molar-refractivity contribution < 1.29 is 14.7 Å². The summed E-state index contributed by atoms with van der Waals surface area (Å²) in [4.78, 5) is 38.2. The molecule has 1 saturated heterocycles. The molecule has 2 aromatic rings. The number of amides is 1. The molecule has 0 bridgehead atoms. The van der Waals surface area contributed by atoms with Crippen LogP contribution in [0.2, 0.25) is 5.02 Å². The normalized spacial score (nSPS) is 19.7. The van der Waals surface area contributed by atoms with Crippen molar-refractivity contribution in [2.75, 3.05) is 13.1 Å². The van der Waals surface area contributed by atoms with Crippen LogP contribution in [0.25, 0.3) is 0 Å². The summed E-state index contributed by atoms with van der Waals surface area (Å²) in [5, 5.41) is 9.99. The smallest absolute Gasteiger partial charge is 0.311 e. The highest BCUT2D eigenvalue weighted by atomic mass is 35.5. The zero-order chi connectivity index (χ0) is 19.6. The molecule has 3 rings (SSSR count). The predicted octanol–water partition coefficient (Wildman–Crippen LogP) is 2.88. The summed E-state index contributed by atoms with van der Waals surface area (Å²) in [6.45, 7) is 2.58. The molecule has 7 heteroatoms. The lowest BCUT2D eigenvalue weighted by atomic mass is 9.82. The highest BCUT2D eigenvalue weighted by Crippen LogP contribution is 2.30. The van der Waals surface area contributed by atoms with E-state index < -0.39 is 11.4 Å². The van der Waals surface area contributed by atoms with Crippen LogP contribution in [0.5, 0.6) is 0 Å². The number of rotatable bonds is 4. The number of piperidine rings is 1. The molecule has 1 aromatic heterocycles. The Morgan fingerprint density at radius 3 is 2.67 bits per heavy atom. The molecule has 1 atom stereocenters. The van der Waals surface area contributed by atoms with Crippen molar-refractivity contribution in [3.8, 4) is 0 Å². The van der Waals surface area contributed by atoms with E-state index in [1.54, 1.807) is 17.9 Å². The van der Waals surface area contributed by atoms with Gasteiger partial charge in [0.1, 0.15) is 0 Å². The molecule has 1 N–H and O–H groups in total. The molecule has 1 aliphatic rings. The summed E-state index contributed by atoms with van der Waals surface area (Å²) >= 11 is 6.17. The van der Waals surface area contributed by atoms with Crippen LogP contribution in [0.3, 0.4) is 0 Å². The first-order valence-electron chi connectivity index (χ1n) is 8.77. The molecule has 1 fully saturated rings. The molecule has 0 aliphatic carbocycles. The molecule has 1 aliphatic heterocycles. The van der Waals surface area contributed by atoms with Crippen molar-refractivity contribution in [2.24, 2.45) is 5.41 Å². The van der Waals surface area contributed by atoms with Crippen LogP contribution < -0.4 is 5.56 Å². The number of aliphatic carboxylic acids is 1. The minimum absolute atomic E-state index is 0.158. The van der Waals surface area contributed by atoms with Crippen molar-refractivity contribution in [1.82, 2.24) is 9.47 Å². The third-order valence-electron chi connectivity index (χ3n) is 5.03. The molecule has 1 aromatic carbocycles. The summed E-state index contributed by atoms with van der Waals surface area (Å²) in [7, 11) is 0. The highest BCUT2D eigenvalue weighted by Gasteiger charge is 2.39. The number of hydrogen-bond donors (Lipinski definition) is 1. The number of carbonyl (C=O) groups is 2. The molecule has 1 unspecified atom stereocenters. The number of carbonyl (C=O) groups excluding carboxylic acids is 1. The maximum Gasteiger partial charge on any atom is 0.311 e. The fourth-order valence-corrected chi connectivity index (χ4v) is 3.56. The van der Waals surface area contributed by atoms with Crippen LogP contribution in [0.4, 0.5) is 0 Å². The van der Waals surface area contributed by atoms with E-state index in [9.17, 15) is 19.5 Å². The lowest BCUT2D eigenvalue weighted by Gasteiger charge is -2.37. The summed E-state index contributed by atoms with van der Waals surface area (Å²) in [6.07, 6.45) is 2.69. The highest BCUT2D eigenvalue weighted by molar-refractivity contribution is 6.31. The Bertz CT molecular complexity index is 940. The number of carboxylic acid groups (broad SMARTS) is 1. The van der Waals surface area contributed by atoms with Gasteiger partial charge in [0.05, 0.1) is 17.5 Å². The Morgan fingerprint density at radius 2 is 1.96 bits per heavy atom. The van der Waals surface area contributed by atoms with Gasteiger partial charge in [-0.15, -0.1) is 0 Å². The van der Waals surface area contributed by atoms with Crippen LogP contribution in [0.15, 0.2) is 47.4 Å². The number of nitrogens with zero attached hydrogens (tertiary/aromatic N) is 2. The Balaban J connectivity index is 1.85. The van der Waals surface area contributed by atoms with Gasteiger partial charge in [-0.05, 0) is 37.5 Å². The van der Waals surface area contributed by atoms with Crippen molar-refractivity contribution >= 4 is 23.5 Å². The van der Waals surface area contributed by atoms with E-state index in [1.165, 1.54) is 22.9 Å². The molecule has 6 nitrogen and oxygen atoms in total. The van der Waals surface area contributed by atoms with E-state index in [-0.39, 0.29) is 24.6 Å². The predicted molar refractivity (Wildman–Crippen MR) is 102 cm³/mol. The number of pyridine rings is 1. The van der Waals surface area contributed by atoms with Crippen LogP contribution in [-0.4, -0.2) is 39.5 Å². The van der Waals surface area contributed by atoms with E-state index in [2.05, 4.69) is 0 Å². The lowest BCUT2D eigenvalue weighted by Crippen LogP contribution is -2.48. The first kappa shape index (κ1) is 19.2. The van der Waals surface area contributed by atoms with Crippen molar-refractivity contribution in [1.29, 1.82) is 0 Å². The van der Waals surface area contributed by atoms with Gasteiger partial charge in [0, 0.05) is 30.4 Å². The minimum atomic E-state index is -0.945. The summed E-state index contributed by atoms with van der Waals surface area (Å²) in [6, 6.07) is 10.1. The molecular weight excluding hydrogens is 368 g/mol. The second kappa shape index (κ2) is 7.56. The van der Waals surface area contributed by atoms with Crippen LogP contribution in [0, 0.1) is 5.41 Å². The molecule has 2 heterocycles. The molecule has 0 saturated carbocycles. The Kier molecular flexibility index (Phi) is 5.37. The zero-order valence-corrected chi connectivity index (χ0v) is 15.8. The maximum absolute atomic E-state index is 12.9. The van der Waals surface area contributed by atoms with E-state index >= 15 is 0 Å². The molecule has 1 amide bonds. The summed E-state index contributed by atoms with van der Waals surface area (Å²) in [5.41, 5.74) is -0.0426. The fourth-order valence-electron chi connectivity index (χ4n) is 3.36. The number of benzene rings is 1. The van der Waals surface area contributed by atoms with Crippen molar-refractivity contribution in [3.63, 3.8) is 0 Å². The van der Waals surface area contributed by atoms with Gasteiger partial charge in [0.25, 0.3) is 11.5 Å². The Labute approximate surface area is 162 Å². The van der Waals surface area contributed by atoms with E-state index in [0.29, 0.717) is 30.0 Å². The first-order chi connectivity index (χ1) is 12.8. The number of carboxylic acids is 1. The largest absolute Gasteiger partial charge is 0.481 e. The van der Waals surface area contributed by atoms with E-state index in [4.69, 9.17) is 11.6 Å². The van der Waals surface area contributed by atoms with E-state index in [0.717, 1.165) is 5.56 Å². The molecule has 27 heavy (non-hydrogen) atoms. The second-order valence-electron chi connectivity index (χ2n) is 7.17. The molecule has 142 valence electrons. The molecule has 0 radical (unpaired) electrons. The van der Waals surface area contributed by atoms with Crippen molar-refractivity contribution in [3.05, 3.63) is 69.1 Å². The third kappa shape index (κ3) is 4.06. The summed E-state index contributed by atoms with van der Waals surface area (Å²) < 4.78 is 1.44. The average molecular weight is 389 g/mol. The third-order valence-corrected chi connectivity index (χ3v) is 5.40. The quantitative estimate of drug-likeness (QED) is 0.873. The first-order valence-corrected chi connectivity index (χ1v) is 9.14. The van der Waals surface area contributed by atoms with Gasteiger partial charge in [-0.3, -0.25) is 14.4 Å². The SMILES string of the molecule is CC1(C(=O)O)CCCN(C(=O)c2ccc(=O)n(Cc3ccccc3Cl)c2)C1. The zero-order valence-electron chi connectivity index (χ0n) is 15.0. The Morgan fingerprint density at radius 1 is 1.22 bits per heavy atom. The van der Waals surface area contributed by atoms with Gasteiger partial charge in [-0.2, -0.15) is 0 Å². The average Bonchev–Trinajstić information content (AvgIpc) is 2.64. The van der Waals surface area contributed by atoms with Crippen LogP contribution in [0.1, 0.15) is 35.7 Å². The fraction of sp³-hybridized carbons (Fsp3) is 0.350. The maximum atomic E-state index is 12.9. The van der Waals surface area contributed by atoms with Gasteiger partial charge in [0.15, 0.2) is 0 Å². The van der Waals surface area contributed by atoms with Gasteiger partial charge in [-0.25, -0.2) is 0 Å². The Hall–Kier alpha value is -2.60. The topological polar surface area (TPSA) is 79.6 Å². The van der Waals surface area contributed by atoms with E-state index in [1.807, 2.05) is 18.2 Å². The van der Waals surface area contributed by atoms with Gasteiger partial charge < -0.3 is 14.6 Å². The summed E-state index contributed by atoms with van der Waals surface area (Å²) in [5.74, 6) is -1.17. The molecule has 0 spiro atoms. The van der Waals surface area contributed by atoms with Gasteiger partial charge in [0.2, 0.25) is 0 Å². The van der Waals surface area contributed by atoms with Gasteiger partial charge in [-0.1, -0.05) is 29.8 Å². The standard InChI is InChI=1S/C20H21ClN2O4/c1-20(19(26)27)9-4-10-22(13-20)18(25)15-7-8-17(24)23(12-15)11-14-5-2-3-6-16(14)21/h2-3,5-8,12H,4,9-11,13H2,1H3,(H,26,27). The number of aromatic nitrogens is 1. The monoisotopic (exact) mass is 388 g/mol. The molecular formula is C20H21ClN2O4. The van der Waals surface area contributed by atoms with Crippen molar-refractivity contribution in [2.45, 2.75) is 26.3 Å². The lowest BCUT2D eigenvalue weighted by molar-refractivity contribution is -0.150. The van der Waals surface area contributed by atoms with Crippen LogP contribution in [-0.2, 0) is 11.3 Å².